The molecule has 0 amide bonds. The van der Waals surface area contributed by atoms with Gasteiger partial charge in [0.05, 0.1) is 44.4 Å². The molecule has 6 rings (SSSR count). The molecule has 9 nitrogen and oxygen atoms in total. The minimum atomic E-state index is -4.73. The second-order valence-corrected chi connectivity index (χ2v) is 13.2. The molecule has 1 N–H and O–H groups in total. The topological polar surface area (TPSA) is 121 Å². The van der Waals surface area contributed by atoms with E-state index in [1.54, 1.807) is 31.2 Å². The van der Waals surface area contributed by atoms with Gasteiger partial charge in [0, 0.05) is 40.3 Å². The number of benzene rings is 2. The van der Waals surface area contributed by atoms with Gasteiger partial charge in [0.25, 0.3) is 5.56 Å². The predicted octanol–water partition coefficient (Wildman–Crippen LogP) is 6.72. The molecule has 0 atom stereocenters. The summed E-state index contributed by atoms with van der Waals surface area (Å²) in [5.74, 6) is -0.574. The van der Waals surface area contributed by atoms with Crippen molar-refractivity contribution in [3.05, 3.63) is 84.9 Å². The van der Waals surface area contributed by atoms with Crippen LogP contribution < -0.4 is 10.3 Å². The molecule has 4 heterocycles. The number of alkyl halides is 3. The molecule has 14 heteroatoms. The molecule has 0 unspecified atom stereocenters. The Morgan fingerprint density at radius 2 is 1.96 bits per heavy atom. The SMILES string of the molecule is Cc1sc2c(-c3cc(Cl)ccc3OCCn3c(C)nc4cc(C(F)(F)F)c(CC5CN(C)C5)c(C#N)c4c3=O)ccnc2c1C(=O)O. The Morgan fingerprint density at radius 3 is 2.62 bits per heavy atom. The van der Waals surface area contributed by atoms with Gasteiger partial charge in [0.15, 0.2) is 0 Å². The Balaban J connectivity index is 1.36. The number of pyridine rings is 1. The lowest BCUT2D eigenvalue weighted by molar-refractivity contribution is -0.138. The zero-order valence-electron chi connectivity index (χ0n) is 25.4. The van der Waals surface area contributed by atoms with E-state index in [-0.39, 0.29) is 58.9 Å². The molecule has 0 bridgehead atoms. The van der Waals surface area contributed by atoms with Gasteiger partial charge in [0.1, 0.15) is 24.3 Å². The van der Waals surface area contributed by atoms with Crippen LogP contribution in [-0.4, -0.2) is 57.3 Å². The Labute approximate surface area is 275 Å². The Kier molecular flexibility index (Phi) is 8.46. The summed E-state index contributed by atoms with van der Waals surface area (Å²) in [6.07, 6.45) is -3.19. The first kappa shape index (κ1) is 32.4. The average Bonchev–Trinajstić information content (AvgIpc) is 3.34. The van der Waals surface area contributed by atoms with E-state index in [9.17, 15) is 33.1 Å². The largest absolute Gasteiger partial charge is 0.491 e. The second-order valence-electron chi connectivity index (χ2n) is 11.6. The van der Waals surface area contributed by atoms with E-state index in [0.29, 0.717) is 50.1 Å². The van der Waals surface area contributed by atoms with Crippen LogP contribution in [0.25, 0.3) is 32.2 Å². The van der Waals surface area contributed by atoms with Gasteiger partial charge in [-0.15, -0.1) is 11.3 Å². The van der Waals surface area contributed by atoms with Crippen molar-refractivity contribution >= 4 is 50.0 Å². The van der Waals surface area contributed by atoms with Crippen LogP contribution in [0.1, 0.15) is 37.7 Å². The number of thiophene rings is 1. The van der Waals surface area contributed by atoms with Gasteiger partial charge in [-0.1, -0.05) is 11.6 Å². The van der Waals surface area contributed by atoms with Crippen LogP contribution in [0, 0.1) is 31.1 Å². The van der Waals surface area contributed by atoms with Gasteiger partial charge in [0.2, 0.25) is 0 Å². The number of aryl methyl sites for hydroxylation is 2. The van der Waals surface area contributed by atoms with E-state index >= 15 is 0 Å². The van der Waals surface area contributed by atoms with Crippen LogP contribution in [-0.2, 0) is 19.1 Å². The molecule has 0 radical (unpaired) electrons. The minimum Gasteiger partial charge on any atom is -0.491 e. The molecule has 3 aromatic heterocycles. The maximum absolute atomic E-state index is 14.2. The highest BCUT2D eigenvalue weighted by atomic mass is 35.5. The lowest BCUT2D eigenvalue weighted by atomic mass is 9.86. The van der Waals surface area contributed by atoms with Crippen LogP contribution in [0.4, 0.5) is 13.2 Å². The summed E-state index contributed by atoms with van der Waals surface area (Å²) in [5.41, 5.74) is -0.519. The van der Waals surface area contributed by atoms with Crippen LogP contribution in [0.2, 0.25) is 5.02 Å². The number of aromatic nitrogens is 3. The van der Waals surface area contributed by atoms with E-state index in [0.717, 1.165) is 6.07 Å². The maximum atomic E-state index is 14.2. The lowest BCUT2D eigenvalue weighted by Gasteiger charge is -2.37. The maximum Gasteiger partial charge on any atom is 0.416 e. The summed E-state index contributed by atoms with van der Waals surface area (Å²) in [5, 5.41) is 20.1. The summed E-state index contributed by atoms with van der Waals surface area (Å²) < 4.78 is 50.6. The molecule has 47 heavy (non-hydrogen) atoms. The van der Waals surface area contributed by atoms with Crippen molar-refractivity contribution in [3.63, 3.8) is 0 Å². The highest BCUT2D eigenvalue weighted by molar-refractivity contribution is 7.20. The standard InChI is InChI=1S/C33H27ClF3N5O4S/c1-16-27(32(44)45)29-30(47-16)20(6-7-39-29)22-11-19(34)4-5-26(22)46-9-8-42-17(2)40-25-12-24(33(35,36)37)21(10-18-14-41(3)15-18)23(13-38)28(25)31(42)43/h4-7,11-12,18H,8-10,14-15H2,1-3H3,(H,44,45). The predicted molar refractivity (Wildman–Crippen MR) is 172 cm³/mol. The van der Waals surface area contributed by atoms with Crippen LogP contribution >= 0.6 is 22.9 Å². The van der Waals surface area contributed by atoms with Crippen molar-refractivity contribution in [1.82, 2.24) is 19.4 Å². The first-order valence-electron chi connectivity index (χ1n) is 14.6. The summed E-state index contributed by atoms with van der Waals surface area (Å²) in [6.45, 7) is 4.36. The number of fused-ring (bicyclic) bond motifs is 2. The van der Waals surface area contributed by atoms with Gasteiger partial charge in [-0.25, -0.2) is 9.78 Å². The number of nitrogens with zero attached hydrogens (tertiary/aromatic N) is 5. The lowest BCUT2D eigenvalue weighted by Crippen LogP contribution is -2.45. The number of halogens is 4. The Morgan fingerprint density at radius 1 is 1.21 bits per heavy atom. The number of rotatable bonds is 8. The van der Waals surface area contributed by atoms with Crippen molar-refractivity contribution in [1.29, 1.82) is 5.26 Å². The number of hydrogen-bond donors (Lipinski definition) is 1. The van der Waals surface area contributed by atoms with E-state index in [4.69, 9.17) is 16.3 Å². The number of carbonyl (C=O) groups is 1. The van der Waals surface area contributed by atoms with Crippen molar-refractivity contribution in [3.8, 4) is 22.9 Å². The number of carboxylic acids is 1. The molecule has 5 aromatic rings. The molecule has 1 fully saturated rings. The number of hydrogen-bond acceptors (Lipinski definition) is 8. The molecule has 1 aliphatic rings. The monoisotopic (exact) mass is 681 g/mol. The average molecular weight is 682 g/mol. The van der Waals surface area contributed by atoms with Crippen LogP contribution in [0.5, 0.6) is 5.75 Å². The normalized spacial score (nSPS) is 14.0. The number of nitriles is 1. The van der Waals surface area contributed by atoms with Crippen molar-refractivity contribution in [2.24, 2.45) is 5.92 Å². The third-order valence-corrected chi connectivity index (χ3v) is 9.73. The van der Waals surface area contributed by atoms with E-state index in [1.807, 2.05) is 18.0 Å². The smallest absolute Gasteiger partial charge is 0.416 e. The van der Waals surface area contributed by atoms with Crippen molar-refractivity contribution in [2.75, 3.05) is 26.7 Å². The molecular formula is C33H27ClF3N5O4S. The minimum absolute atomic E-state index is 0.0165. The summed E-state index contributed by atoms with van der Waals surface area (Å²) >= 11 is 7.64. The number of likely N-dealkylation sites (tertiary alicyclic amines) is 1. The fourth-order valence-electron chi connectivity index (χ4n) is 6.28. The zero-order chi connectivity index (χ0) is 33.8. The van der Waals surface area contributed by atoms with Gasteiger partial charge in [-0.3, -0.25) is 14.3 Å². The fourth-order valence-corrected chi connectivity index (χ4v) is 7.58. The first-order chi connectivity index (χ1) is 22.3. The molecule has 1 aliphatic heterocycles. The third kappa shape index (κ3) is 5.93. The van der Waals surface area contributed by atoms with E-state index in [2.05, 4.69) is 9.97 Å². The molecule has 0 spiro atoms. The van der Waals surface area contributed by atoms with E-state index < -0.39 is 23.3 Å². The second kappa shape index (κ2) is 12.3. The molecule has 1 saturated heterocycles. The van der Waals surface area contributed by atoms with Crippen LogP contribution in [0.3, 0.4) is 0 Å². The number of ether oxygens (including phenoxy) is 1. The van der Waals surface area contributed by atoms with Crippen molar-refractivity contribution < 1.29 is 27.8 Å². The van der Waals surface area contributed by atoms with Gasteiger partial charge in [-0.05, 0) is 69.1 Å². The van der Waals surface area contributed by atoms with Gasteiger partial charge >= 0.3 is 12.1 Å². The number of aromatic carboxylic acids is 1. The highest BCUT2D eigenvalue weighted by Crippen LogP contribution is 2.41. The fraction of sp³-hybridized carbons (Fsp3) is 0.303. The zero-order valence-corrected chi connectivity index (χ0v) is 27.0. The summed E-state index contributed by atoms with van der Waals surface area (Å²) in [6, 6.07) is 9.49. The molecule has 242 valence electrons. The highest BCUT2D eigenvalue weighted by Gasteiger charge is 2.38. The molecular weight excluding hydrogens is 655 g/mol. The Bertz CT molecular complexity index is 2180. The quantitative estimate of drug-likeness (QED) is 0.192. The van der Waals surface area contributed by atoms with Gasteiger partial charge < -0.3 is 14.7 Å². The Hall–Kier alpha value is -4.51. The third-order valence-electron chi connectivity index (χ3n) is 8.36. The number of carboxylic acid groups (broad SMARTS) is 1. The summed E-state index contributed by atoms with van der Waals surface area (Å²) in [4.78, 5) is 36.9. The summed E-state index contributed by atoms with van der Waals surface area (Å²) in [7, 11) is 1.86. The van der Waals surface area contributed by atoms with Crippen molar-refractivity contribution in [2.45, 2.75) is 33.0 Å². The molecule has 0 saturated carbocycles. The first-order valence-corrected chi connectivity index (χ1v) is 15.7. The van der Waals surface area contributed by atoms with Crippen LogP contribution in [0.15, 0.2) is 41.3 Å². The van der Waals surface area contributed by atoms with Gasteiger partial charge in [-0.2, -0.15) is 18.4 Å². The molecule has 2 aromatic carbocycles. The molecule has 0 aliphatic carbocycles. The van der Waals surface area contributed by atoms with E-state index in [1.165, 1.54) is 29.0 Å².